The first-order valence-corrected chi connectivity index (χ1v) is 28.5. The van der Waals surface area contributed by atoms with E-state index in [1.807, 2.05) is 6.08 Å². The SMILES string of the molecule is CCCCCCCCCCCCCCCCC/C=C/CC/C=C/C(O)C(COP(=O)(O)OCCN)NC(=O)CC(O)CCCCCCCCCCCCCCCCCCCCCC. The molecule has 0 saturated carbocycles. The van der Waals surface area contributed by atoms with Gasteiger partial charge in [-0.25, -0.2) is 4.57 Å². The number of unbranched alkanes of at least 4 members (excludes halogenated alkanes) is 35. The average molecular weight is 913 g/mol. The van der Waals surface area contributed by atoms with Crippen molar-refractivity contribution >= 4 is 13.7 Å². The molecule has 63 heavy (non-hydrogen) atoms. The van der Waals surface area contributed by atoms with Crippen LogP contribution in [-0.2, 0) is 18.4 Å². The summed E-state index contributed by atoms with van der Waals surface area (Å²) in [6.07, 6.45) is 55.7. The van der Waals surface area contributed by atoms with Crippen molar-refractivity contribution in [2.75, 3.05) is 19.8 Å². The molecule has 0 fully saturated rings. The first-order chi connectivity index (χ1) is 30.8. The fourth-order valence-electron chi connectivity index (χ4n) is 8.25. The number of allylic oxidation sites excluding steroid dienone is 3. The first kappa shape index (κ1) is 61.9. The Morgan fingerprint density at radius 1 is 0.540 bits per heavy atom. The van der Waals surface area contributed by atoms with E-state index in [2.05, 4.69) is 31.3 Å². The molecule has 0 saturated heterocycles. The Morgan fingerprint density at radius 2 is 0.905 bits per heavy atom. The van der Waals surface area contributed by atoms with Crippen LogP contribution < -0.4 is 11.1 Å². The average Bonchev–Trinajstić information content (AvgIpc) is 3.26. The van der Waals surface area contributed by atoms with Gasteiger partial charge in [0.05, 0.1) is 37.9 Å². The van der Waals surface area contributed by atoms with Crippen molar-refractivity contribution in [2.24, 2.45) is 5.73 Å². The van der Waals surface area contributed by atoms with E-state index in [-0.39, 0.29) is 19.6 Å². The number of aliphatic hydroxyl groups is 2. The van der Waals surface area contributed by atoms with Gasteiger partial charge in [-0.15, -0.1) is 0 Å². The fraction of sp³-hybridized carbons (Fsp3) is 0.906. The molecule has 6 N–H and O–H groups in total. The number of amides is 1. The highest BCUT2D eigenvalue weighted by molar-refractivity contribution is 7.47. The van der Waals surface area contributed by atoms with Crippen LogP contribution in [0.2, 0.25) is 0 Å². The van der Waals surface area contributed by atoms with Gasteiger partial charge in [0, 0.05) is 6.54 Å². The largest absolute Gasteiger partial charge is 0.472 e. The summed E-state index contributed by atoms with van der Waals surface area (Å²) < 4.78 is 22.2. The number of hydrogen-bond donors (Lipinski definition) is 5. The van der Waals surface area contributed by atoms with Crippen LogP contribution in [-0.4, -0.2) is 59.0 Å². The molecule has 9 nitrogen and oxygen atoms in total. The highest BCUT2D eigenvalue weighted by atomic mass is 31.2. The maximum Gasteiger partial charge on any atom is 0.472 e. The lowest BCUT2D eigenvalue weighted by Gasteiger charge is -2.24. The molecule has 0 bridgehead atoms. The molecule has 1 amide bonds. The topological polar surface area (TPSA) is 151 Å². The molecule has 0 aromatic rings. The summed E-state index contributed by atoms with van der Waals surface area (Å²) in [6, 6.07) is -0.997. The summed E-state index contributed by atoms with van der Waals surface area (Å²) in [5, 5.41) is 24.2. The van der Waals surface area contributed by atoms with Gasteiger partial charge in [-0.1, -0.05) is 256 Å². The summed E-state index contributed by atoms with van der Waals surface area (Å²) in [5.74, 6) is -0.450. The molecule has 10 heteroatoms. The minimum atomic E-state index is -4.41. The summed E-state index contributed by atoms with van der Waals surface area (Å²) in [7, 11) is -4.41. The number of hydrogen-bond acceptors (Lipinski definition) is 7. The van der Waals surface area contributed by atoms with E-state index >= 15 is 0 Å². The number of phosphoric acid groups is 1. The van der Waals surface area contributed by atoms with Crippen molar-refractivity contribution in [3.63, 3.8) is 0 Å². The lowest BCUT2D eigenvalue weighted by atomic mass is 10.0. The monoisotopic (exact) mass is 913 g/mol. The van der Waals surface area contributed by atoms with Gasteiger partial charge < -0.3 is 26.2 Å². The fourth-order valence-corrected chi connectivity index (χ4v) is 9.01. The number of nitrogens with two attached hydrogens (primary N) is 1. The number of phosphoric ester groups is 1. The van der Waals surface area contributed by atoms with Crippen LogP contribution in [0.15, 0.2) is 24.3 Å². The van der Waals surface area contributed by atoms with Crippen molar-refractivity contribution in [1.82, 2.24) is 5.32 Å². The molecular weight excluding hydrogens is 808 g/mol. The summed E-state index contributed by atoms with van der Waals surface area (Å²) in [4.78, 5) is 22.9. The highest BCUT2D eigenvalue weighted by Crippen LogP contribution is 2.43. The predicted octanol–water partition coefficient (Wildman–Crippen LogP) is 15.0. The zero-order valence-electron chi connectivity index (χ0n) is 41.4. The number of aliphatic hydroxyl groups excluding tert-OH is 2. The molecule has 0 aromatic heterocycles. The van der Waals surface area contributed by atoms with E-state index in [0.717, 1.165) is 32.1 Å². The van der Waals surface area contributed by atoms with E-state index in [0.29, 0.717) is 12.8 Å². The van der Waals surface area contributed by atoms with Crippen molar-refractivity contribution in [1.29, 1.82) is 0 Å². The van der Waals surface area contributed by atoms with Crippen LogP contribution in [0.5, 0.6) is 0 Å². The first-order valence-electron chi connectivity index (χ1n) is 27.0. The zero-order valence-corrected chi connectivity index (χ0v) is 42.3. The summed E-state index contributed by atoms with van der Waals surface area (Å²) >= 11 is 0. The Hall–Kier alpha value is -1.06. The molecule has 0 radical (unpaired) electrons. The Morgan fingerprint density at radius 3 is 1.32 bits per heavy atom. The van der Waals surface area contributed by atoms with Crippen LogP contribution in [0.3, 0.4) is 0 Å². The summed E-state index contributed by atoms with van der Waals surface area (Å²) in [5.41, 5.74) is 5.39. The second-order valence-electron chi connectivity index (χ2n) is 18.6. The van der Waals surface area contributed by atoms with E-state index in [1.165, 1.54) is 205 Å². The second kappa shape index (κ2) is 48.9. The second-order valence-corrected chi connectivity index (χ2v) is 20.1. The minimum absolute atomic E-state index is 0.0464. The minimum Gasteiger partial charge on any atom is -0.393 e. The van der Waals surface area contributed by atoms with Crippen LogP contribution in [0.25, 0.3) is 0 Å². The van der Waals surface area contributed by atoms with E-state index in [1.54, 1.807) is 6.08 Å². The normalized spacial score (nSPS) is 14.4. The third kappa shape index (κ3) is 47.2. The predicted molar refractivity (Wildman–Crippen MR) is 269 cm³/mol. The Kier molecular flexibility index (Phi) is 48.0. The smallest absolute Gasteiger partial charge is 0.393 e. The highest BCUT2D eigenvalue weighted by Gasteiger charge is 2.27. The molecular formula is C53H105N2O7P. The molecule has 374 valence electrons. The van der Waals surface area contributed by atoms with Crippen LogP contribution in [0, 0.1) is 0 Å². The maximum absolute atomic E-state index is 12.9. The molecule has 4 unspecified atom stereocenters. The van der Waals surface area contributed by atoms with Gasteiger partial charge in [0.15, 0.2) is 0 Å². The van der Waals surface area contributed by atoms with E-state index in [9.17, 15) is 24.5 Å². The molecule has 0 heterocycles. The van der Waals surface area contributed by atoms with Gasteiger partial charge in [0.2, 0.25) is 5.91 Å². The zero-order chi connectivity index (χ0) is 46.2. The van der Waals surface area contributed by atoms with Crippen molar-refractivity contribution in [2.45, 2.75) is 289 Å². The number of rotatable bonds is 51. The van der Waals surface area contributed by atoms with Gasteiger partial charge in [-0.05, 0) is 32.1 Å². The van der Waals surface area contributed by atoms with Crippen molar-refractivity contribution in [3.8, 4) is 0 Å². The lowest BCUT2D eigenvalue weighted by Crippen LogP contribution is -2.46. The Labute approximate surface area is 390 Å². The van der Waals surface area contributed by atoms with Crippen LogP contribution in [0.4, 0.5) is 0 Å². The van der Waals surface area contributed by atoms with E-state index < -0.39 is 38.6 Å². The number of nitrogens with one attached hydrogen (secondary N) is 1. The third-order valence-corrected chi connectivity index (χ3v) is 13.3. The molecule has 0 aliphatic carbocycles. The van der Waals surface area contributed by atoms with Gasteiger partial charge in [-0.3, -0.25) is 13.8 Å². The van der Waals surface area contributed by atoms with Crippen LogP contribution in [0.1, 0.15) is 271 Å². The molecule has 0 spiro atoms. The Bertz CT molecular complexity index is 1060. The third-order valence-electron chi connectivity index (χ3n) is 12.3. The molecule has 0 aliphatic heterocycles. The molecule has 0 rings (SSSR count). The molecule has 4 atom stereocenters. The molecule has 0 aliphatic rings. The molecule has 0 aromatic carbocycles. The maximum atomic E-state index is 12.9. The van der Waals surface area contributed by atoms with Gasteiger partial charge in [0.1, 0.15) is 0 Å². The Balaban J connectivity index is 4.18. The van der Waals surface area contributed by atoms with Crippen molar-refractivity contribution in [3.05, 3.63) is 24.3 Å². The number of carbonyl (C=O) groups is 1. The lowest BCUT2D eigenvalue weighted by molar-refractivity contribution is -0.124. The van der Waals surface area contributed by atoms with Gasteiger partial charge >= 0.3 is 7.82 Å². The van der Waals surface area contributed by atoms with Crippen molar-refractivity contribution < 1.29 is 33.5 Å². The van der Waals surface area contributed by atoms with Gasteiger partial charge in [0.25, 0.3) is 0 Å². The quantitative estimate of drug-likeness (QED) is 0.0230. The van der Waals surface area contributed by atoms with Crippen LogP contribution >= 0.6 is 7.82 Å². The van der Waals surface area contributed by atoms with E-state index in [4.69, 9.17) is 14.8 Å². The summed E-state index contributed by atoms with van der Waals surface area (Å²) in [6.45, 7) is 4.00. The number of carbonyl (C=O) groups excluding carboxylic acids is 1. The van der Waals surface area contributed by atoms with Gasteiger partial charge in [-0.2, -0.15) is 0 Å². The standard InChI is InChI=1S/C53H105N2O7P/c1-3-5-7-9-11-13-15-17-19-21-23-25-27-29-31-33-35-37-39-41-43-45-52(57)51(49-62-63(59,60)61-47-46-54)55-53(58)48-50(56)44-42-40-38-36-34-32-30-28-26-24-22-20-18-16-14-12-10-8-6-4-2/h35,37,43,45,50-52,56-57H,3-34,36,38-42,44,46-49,54H2,1-2H3,(H,55,58)(H,59,60)/b37-35+,45-43+.